The Morgan fingerprint density at radius 1 is 1.67 bits per heavy atom. The van der Waals surface area contributed by atoms with Crippen LogP contribution in [0.25, 0.3) is 0 Å². The maximum absolute atomic E-state index is 11.3. The van der Waals surface area contributed by atoms with Crippen LogP contribution < -0.4 is 5.32 Å². The third kappa shape index (κ3) is 2.58. The fourth-order valence-electron chi connectivity index (χ4n) is 1.76. The van der Waals surface area contributed by atoms with Crippen molar-refractivity contribution in [3.63, 3.8) is 0 Å². The Morgan fingerprint density at radius 2 is 2.53 bits per heavy atom. The van der Waals surface area contributed by atoms with Crippen LogP contribution in [-0.4, -0.2) is 19.1 Å². The summed E-state index contributed by atoms with van der Waals surface area (Å²) >= 11 is 1.75. The number of hydrogen-bond donors (Lipinski definition) is 1. The molecule has 1 aromatic rings. The van der Waals surface area contributed by atoms with Gasteiger partial charge in [0.25, 0.3) is 0 Å². The van der Waals surface area contributed by atoms with E-state index in [1.807, 2.05) is 6.92 Å². The van der Waals surface area contributed by atoms with Crippen molar-refractivity contribution in [3.8, 4) is 0 Å². The van der Waals surface area contributed by atoms with E-state index in [9.17, 15) is 4.79 Å². The van der Waals surface area contributed by atoms with Gasteiger partial charge >= 0.3 is 5.97 Å². The van der Waals surface area contributed by atoms with Crippen LogP contribution in [0.5, 0.6) is 0 Å². The molecule has 0 radical (unpaired) electrons. The molecule has 0 aromatic carbocycles. The van der Waals surface area contributed by atoms with Gasteiger partial charge in [-0.25, -0.2) is 0 Å². The average Bonchev–Trinajstić information content (AvgIpc) is 2.59. The summed E-state index contributed by atoms with van der Waals surface area (Å²) in [4.78, 5) is 13.8. The van der Waals surface area contributed by atoms with Crippen molar-refractivity contribution in [2.45, 2.75) is 26.3 Å². The third-order valence-corrected chi connectivity index (χ3v) is 3.65. The molecule has 0 atom stereocenters. The van der Waals surface area contributed by atoms with Crippen molar-refractivity contribution in [1.29, 1.82) is 0 Å². The number of ether oxygens (including phenoxy) is 1. The first-order chi connectivity index (χ1) is 7.29. The summed E-state index contributed by atoms with van der Waals surface area (Å²) in [6, 6.07) is 2.13. The Bertz CT molecular complexity index is 336. The summed E-state index contributed by atoms with van der Waals surface area (Å²) in [7, 11) is 0. The number of carbonyl (C=O) groups is 1. The molecule has 4 heteroatoms. The maximum Gasteiger partial charge on any atom is 0.311 e. The van der Waals surface area contributed by atoms with Crippen molar-refractivity contribution in [2.24, 2.45) is 0 Å². The van der Waals surface area contributed by atoms with E-state index in [1.54, 1.807) is 11.3 Å². The first-order valence-electron chi connectivity index (χ1n) is 5.26. The number of thiophene rings is 1. The fourth-order valence-corrected chi connectivity index (χ4v) is 2.93. The molecule has 0 unspecified atom stereocenters. The van der Waals surface area contributed by atoms with Crippen LogP contribution in [0.15, 0.2) is 6.07 Å². The van der Waals surface area contributed by atoms with Gasteiger partial charge in [0.05, 0.1) is 13.0 Å². The molecule has 1 aromatic heterocycles. The lowest BCUT2D eigenvalue weighted by molar-refractivity contribution is -0.142. The molecule has 0 amide bonds. The normalized spacial score (nSPS) is 14.7. The van der Waals surface area contributed by atoms with Crippen LogP contribution >= 0.6 is 11.3 Å². The van der Waals surface area contributed by atoms with Gasteiger partial charge in [0, 0.05) is 22.8 Å². The Balaban J connectivity index is 2.03. The van der Waals surface area contributed by atoms with Crippen molar-refractivity contribution < 1.29 is 9.53 Å². The standard InChI is InChI=1S/C11H15NO2S/c1-2-14-11(13)6-9-5-8-7-12-4-3-10(8)15-9/h5,12H,2-4,6-7H2,1H3. The predicted molar refractivity (Wildman–Crippen MR) is 60.1 cm³/mol. The summed E-state index contributed by atoms with van der Waals surface area (Å²) in [5.74, 6) is -0.121. The second-order valence-corrected chi connectivity index (χ2v) is 4.79. The van der Waals surface area contributed by atoms with Crippen molar-refractivity contribution >= 4 is 17.3 Å². The molecule has 15 heavy (non-hydrogen) atoms. The van der Waals surface area contributed by atoms with Gasteiger partial charge in [0.1, 0.15) is 0 Å². The van der Waals surface area contributed by atoms with Gasteiger partial charge in [-0.05, 0) is 25.0 Å². The van der Waals surface area contributed by atoms with Crippen LogP contribution in [0, 0.1) is 0 Å². The Labute approximate surface area is 93.4 Å². The SMILES string of the molecule is CCOC(=O)Cc1cc2c(s1)CCNC2. The van der Waals surface area contributed by atoms with E-state index in [0.29, 0.717) is 13.0 Å². The second-order valence-electron chi connectivity index (χ2n) is 3.57. The van der Waals surface area contributed by atoms with Crippen LogP contribution in [-0.2, 0) is 28.9 Å². The molecule has 1 aliphatic rings. The summed E-state index contributed by atoms with van der Waals surface area (Å²) in [6.07, 6.45) is 1.51. The molecule has 0 saturated carbocycles. The number of esters is 1. The van der Waals surface area contributed by atoms with Crippen LogP contribution in [0.4, 0.5) is 0 Å². The van der Waals surface area contributed by atoms with E-state index in [4.69, 9.17) is 4.74 Å². The minimum Gasteiger partial charge on any atom is -0.466 e. The number of rotatable bonds is 3. The molecule has 1 aliphatic heterocycles. The van der Waals surface area contributed by atoms with Crippen LogP contribution in [0.1, 0.15) is 22.2 Å². The van der Waals surface area contributed by atoms with Gasteiger partial charge in [-0.3, -0.25) is 4.79 Å². The Morgan fingerprint density at radius 3 is 3.27 bits per heavy atom. The number of carbonyl (C=O) groups excluding carboxylic acids is 1. The summed E-state index contributed by atoms with van der Waals surface area (Å²) in [6.45, 7) is 4.29. The highest BCUT2D eigenvalue weighted by Crippen LogP contribution is 2.25. The van der Waals surface area contributed by atoms with E-state index in [2.05, 4.69) is 11.4 Å². The zero-order chi connectivity index (χ0) is 10.7. The largest absolute Gasteiger partial charge is 0.466 e. The molecule has 0 fully saturated rings. The van der Waals surface area contributed by atoms with Crippen LogP contribution in [0.3, 0.4) is 0 Å². The monoisotopic (exact) mass is 225 g/mol. The lowest BCUT2D eigenvalue weighted by Gasteiger charge is -2.10. The molecule has 0 saturated heterocycles. The number of fused-ring (bicyclic) bond motifs is 1. The lowest BCUT2D eigenvalue weighted by Crippen LogP contribution is -2.21. The first-order valence-corrected chi connectivity index (χ1v) is 6.08. The summed E-state index contributed by atoms with van der Waals surface area (Å²) in [5, 5.41) is 3.32. The molecule has 82 valence electrons. The number of nitrogens with one attached hydrogen (secondary N) is 1. The zero-order valence-electron chi connectivity index (χ0n) is 8.84. The second kappa shape index (κ2) is 4.77. The summed E-state index contributed by atoms with van der Waals surface area (Å²) in [5.41, 5.74) is 1.35. The molecule has 0 aliphatic carbocycles. The van der Waals surface area contributed by atoms with Crippen molar-refractivity contribution in [3.05, 3.63) is 21.4 Å². The third-order valence-electron chi connectivity index (χ3n) is 2.42. The highest BCUT2D eigenvalue weighted by Gasteiger charge is 2.14. The Hall–Kier alpha value is -0.870. The minimum absolute atomic E-state index is 0.121. The van der Waals surface area contributed by atoms with E-state index in [-0.39, 0.29) is 5.97 Å². The molecule has 1 N–H and O–H groups in total. The van der Waals surface area contributed by atoms with Gasteiger partial charge in [-0.15, -0.1) is 11.3 Å². The quantitative estimate of drug-likeness (QED) is 0.792. The van der Waals surface area contributed by atoms with E-state index < -0.39 is 0 Å². The van der Waals surface area contributed by atoms with Crippen molar-refractivity contribution in [1.82, 2.24) is 5.32 Å². The zero-order valence-corrected chi connectivity index (χ0v) is 9.65. The van der Waals surface area contributed by atoms with E-state index in [0.717, 1.165) is 24.4 Å². The molecular weight excluding hydrogens is 210 g/mol. The lowest BCUT2D eigenvalue weighted by atomic mass is 10.1. The fraction of sp³-hybridized carbons (Fsp3) is 0.545. The molecule has 2 heterocycles. The average molecular weight is 225 g/mol. The van der Waals surface area contributed by atoms with Gasteiger partial charge in [0.15, 0.2) is 0 Å². The molecule has 0 spiro atoms. The molecular formula is C11H15NO2S. The molecule has 3 nitrogen and oxygen atoms in total. The molecule has 0 bridgehead atoms. The van der Waals surface area contributed by atoms with Gasteiger partial charge in [-0.2, -0.15) is 0 Å². The first kappa shape index (κ1) is 10.6. The highest BCUT2D eigenvalue weighted by molar-refractivity contribution is 7.12. The highest BCUT2D eigenvalue weighted by atomic mass is 32.1. The van der Waals surface area contributed by atoms with Gasteiger partial charge in [0.2, 0.25) is 0 Å². The topological polar surface area (TPSA) is 38.3 Å². The van der Waals surface area contributed by atoms with Crippen molar-refractivity contribution in [2.75, 3.05) is 13.2 Å². The molecule has 2 rings (SSSR count). The van der Waals surface area contributed by atoms with Gasteiger partial charge < -0.3 is 10.1 Å². The summed E-state index contributed by atoms with van der Waals surface area (Å²) < 4.78 is 4.93. The van der Waals surface area contributed by atoms with Gasteiger partial charge in [-0.1, -0.05) is 0 Å². The maximum atomic E-state index is 11.3. The smallest absolute Gasteiger partial charge is 0.311 e. The minimum atomic E-state index is -0.121. The van der Waals surface area contributed by atoms with E-state index in [1.165, 1.54) is 10.4 Å². The Kier molecular flexibility index (Phi) is 3.38. The van der Waals surface area contributed by atoms with E-state index >= 15 is 0 Å². The predicted octanol–water partition coefficient (Wildman–Crippen LogP) is 1.50. The van der Waals surface area contributed by atoms with Crippen LogP contribution in [0.2, 0.25) is 0 Å². The number of hydrogen-bond acceptors (Lipinski definition) is 4.